The summed E-state index contributed by atoms with van der Waals surface area (Å²) in [5, 5.41) is 1.89. The Kier molecular flexibility index (Phi) is 5.03. The standard InChI is InChI=1S/C20H20N4O2/c1-25-14-7-8-15-13(11-14)12-19(23-18(22)9-10-21)24-20(15)16-5-3-4-6-17(16)26-2/h3-12H,21H2,1-2H3,(H2,22,23,24)/b10-9-. The summed E-state index contributed by atoms with van der Waals surface area (Å²) in [5.41, 5.74) is 12.9. The van der Waals surface area contributed by atoms with E-state index in [1.165, 1.54) is 12.3 Å². The predicted octanol–water partition coefficient (Wildman–Crippen LogP) is 3.38. The minimum atomic E-state index is 0.272. The molecule has 6 heteroatoms. The van der Waals surface area contributed by atoms with Crippen LogP contribution in [0.1, 0.15) is 0 Å². The molecular formula is C20H20N4O2. The topological polar surface area (TPSA) is 95.8 Å². The first-order valence-corrected chi connectivity index (χ1v) is 8.01. The van der Waals surface area contributed by atoms with Gasteiger partial charge in [0.05, 0.1) is 19.9 Å². The van der Waals surface area contributed by atoms with Gasteiger partial charge in [-0.1, -0.05) is 12.1 Å². The number of rotatable bonds is 5. The lowest BCUT2D eigenvalue weighted by Crippen LogP contribution is -2.08. The number of aliphatic imine (C=N–C) groups is 1. The molecule has 1 heterocycles. The highest BCUT2D eigenvalue weighted by molar-refractivity contribution is 5.99. The molecule has 0 aliphatic rings. The molecule has 26 heavy (non-hydrogen) atoms. The third kappa shape index (κ3) is 3.44. The van der Waals surface area contributed by atoms with Crippen LogP contribution in [0.4, 0.5) is 5.82 Å². The zero-order valence-electron chi connectivity index (χ0n) is 14.6. The van der Waals surface area contributed by atoms with Gasteiger partial charge in [0.15, 0.2) is 5.82 Å². The number of benzene rings is 2. The summed E-state index contributed by atoms with van der Waals surface area (Å²) in [6, 6.07) is 15.4. The van der Waals surface area contributed by atoms with E-state index in [0.717, 1.165) is 33.5 Å². The van der Waals surface area contributed by atoms with Crippen LogP contribution < -0.4 is 20.9 Å². The van der Waals surface area contributed by atoms with E-state index in [2.05, 4.69) is 4.99 Å². The Morgan fingerprint density at radius 1 is 1.08 bits per heavy atom. The molecule has 2 aromatic carbocycles. The molecule has 0 amide bonds. The molecule has 1 aromatic heterocycles. The maximum absolute atomic E-state index is 5.86. The molecule has 0 radical (unpaired) electrons. The summed E-state index contributed by atoms with van der Waals surface area (Å²) in [4.78, 5) is 9.03. The Balaban J connectivity index is 2.30. The second-order valence-corrected chi connectivity index (χ2v) is 5.51. The number of fused-ring (bicyclic) bond motifs is 1. The van der Waals surface area contributed by atoms with E-state index in [-0.39, 0.29) is 5.84 Å². The number of amidine groups is 1. The van der Waals surface area contributed by atoms with E-state index in [1.807, 2.05) is 48.5 Å². The van der Waals surface area contributed by atoms with Crippen LogP contribution in [0.5, 0.6) is 11.5 Å². The van der Waals surface area contributed by atoms with E-state index in [9.17, 15) is 0 Å². The van der Waals surface area contributed by atoms with E-state index in [0.29, 0.717) is 5.82 Å². The summed E-state index contributed by atoms with van der Waals surface area (Å²) in [6.07, 6.45) is 2.85. The molecule has 0 saturated heterocycles. The van der Waals surface area contributed by atoms with Gasteiger partial charge in [-0.25, -0.2) is 9.98 Å². The van der Waals surface area contributed by atoms with Crippen molar-refractivity contribution in [1.29, 1.82) is 0 Å². The van der Waals surface area contributed by atoms with Crippen LogP contribution in [0.25, 0.3) is 22.0 Å². The van der Waals surface area contributed by atoms with Gasteiger partial charge in [-0.15, -0.1) is 0 Å². The van der Waals surface area contributed by atoms with Crippen LogP contribution in [0.2, 0.25) is 0 Å². The Hall–Kier alpha value is -3.54. The summed E-state index contributed by atoms with van der Waals surface area (Å²) >= 11 is 0. The molecule has 0 aliphatic heterocycles. The van der Waals surface area contributed by atoms with Crippen molar-refractivity contribution in [2.45, 2.75) is 0 Å². The van der Waals surface area contributed by atoms with Crippen molar-refractivity contribution in [1.82, 2.24) is 4.98 Å². The Morgan fingerprint density at radius 2 is 1.88 bits per heavy atom. The fraction of sp³-hybridized carbons (Fsp3) is 0.100. The molecule has 0 bridgehead atoms. The van der Waals surface area contributed by atoms with E-state index in [1.54, 1.807) is 14.2 Å². The van der Waals surface area contributed by atoms with Crippen LogP contribution in [-0.4, -0.2) is 25.0 Å². The minimum absolute atomic E-state index is 0.272. The van der Waals surface area contributed by atoms with Gasteiger partial charge in [0.2, 0.25) is 0 Å². The number of aromatic nitrogens is 1. The van der Waals surface area contributed by atoms with E-state index < -0.39 is 0 Å². The highest BCUT2D eigenvalue weighted by Gasteiger charge is 2.13. The van der Waals surface area contributed by atoms with Crippen LogP contribution in [0.3, 0.4) is 0 Å². The largest absolute Gasteiger partial charge is 0.497 e. The zero-order chi connectivity index (χ0) is 18.5. The SMILES string of the molecule is COc1ccc2c(-c3ccccc3OC)nc(N=C(N)/C=C\N)cc2c1. The number of pyridine rings is 1. The van der Waals surface area contributed by atoms with Crippen molar-refractivity contribution in [2.24, 2.45) is 16.5 Å². The number of ether oxygens (including phenoxy) is 2. The van der Waals surface area contributed by atoms with Gasteiger partial charge in [-0.2, -0.15) is 0 Å². The number of para-hydroxylation sites is 1. The predicted molar refractivity (Wildman–Crippen MR) is 105 cm³/mol. The van der Waals surface area contributed by atoms with Crippen molar-refractivity contribution < 1.29 is 9.47 Å². The second kappa shape index (κ2) is 7.57. The molecule has 0 atom stereocenters. The lowest BCUT2D eigenvalue weighted by atomic mass is 10.0. The number of nitrogens with two attached hydrogens (primary N) is 2. The number of hydrogen-bond acceptors (Lipinski definition) is 5. The van der Waals surface area contributed by atoms with Gasteiger partial charge in [0.1, 0.15) is 17.3 Å². The lowest BCUT2D eigenvalue weighted by molar-refractivity contribution is 0.415. The van der Waals surface area contributed by atoms with Crippen LogP contribution in [0.15, 0.2) is 65.8 Å². The fourth-order valence-corrected chi connectivity index (χ4v) is 2.72. The Morgan fingerprint density at radius 3 is 2.62 bits per heavy atom. The van der Waals surface area contributed by atoms with Gasteiger partial charge in [0.25, 0.3) is 0 Å². The van der Waals surface area contributed by atoms with Crippen molar-refractivity contribution in [3.8, 4) is 22.8 Å². The average Bonchev–Trinajstić information content (AvgIpc) is 2.67. The third-order valence-electron chi connectivity index (χ3n) is 3.90. The smallest absolute Gasteiger partial charge is 0.155 e. The van der Waals surface area contributed by atoms with Gasteiger partial charge in [-0.3, -0.25) is 0 Å². The molecule has 3 rings (SSSR count). The van der Waals surface area contributed by atoms with Crippen LogP contribution in [-0.2, 0) is 0 Å². The summed E-state index contributed by atoms with van der Waals surface area (Å²) < 4.78 is 10.8. The summed E-state index contributed by atoms with van der Waals surface area (Å²) in [7, 11) is 3.27. The first kappa shape index (κ1) is 17.3. The van der Waals surface area contributed by atoms with Crippen LogP contribution >= 0.6 is 0 Å². The van der Waals surface area contributed by atoms with Crippen molar-refractivity contribution >= 4 is 22.4 Å². The molecule has 0 aliphatic carbocycles. The van der Waals surface area contributed by atoms with Crippen molar-refractivity contribution in [3.63, 3.8) is 0 Å². The molecule has 132 valence electrons. The van der Waals surface area contributed by atoms with Crippen molar-refractivity contribution in [2.75, 3.05) is 14.2 Å². The molecule has 0 saturated carbocycles. The molecule has 3 aromatic rings. The number of hydrogen-bond donors (Lipinski definition) is 2. The molecule has 6 nitrogen and oxygen atoms in total. The first-order valence-electron chi connectivity index (χ1n) is 8.01. The lowest BCUT2D eigenvalue weighted by Gasteiger charge is -2.12. The second-order valence-electron chi connectivity index (χ2n) is 5.51. The zero-order valence-corrected chi connectivity index (χ0v) is 14.6. The van der Waals surface area contributed by atoms with Gasteiger partial charge in [0, 0.05) is 10.9 Å². The monoisotopic (exact) mass is 348 g/mol. The Labute approximate surface area is 151 Å². The molecule has 0 spiro atoms. The van der Waals surface area contributed by atoms with Crippen molar-refractivity contribution in [3.05, 3.63) is 60.8 Å². The third-order valence-corrected chi connectivity index (χ3v) is 3.90. The highest BCUT2D eigenvalue weighted by Crippen LogP contribution is 2.36. The maximum atomic E-state index is 5.86. The molecule has 0 fully saturated rings. The molecule has 4 N–H and O–H groups in total. The van der Waals surface area contributed by atoms with Crippen LogP contribution in [0, 0.1) is 0 Å². The highest BCUT2D eigenvalue weighted by atomic mass is 16.5. The van der Waals surface area contributed by atoms with E-state index >= 15 is 0 Å². The first-order chi connectivity index (χ1) is 12.7. The summed E-state index contributed by atoms with van der Waals surface area (Å²) in [6.45, 7) is 0. The van der Waals surface area contributed by atoms with Gasteiger partial charge < -0.3 is 20.9 Å². The minimum Gasteiger partial charge on any atom is -0.497 e. The average molecular weight is 348 g/mol. The van der Waals surface area contributed by atoms with Gasteiger partial charge >= 0.3 is 0 Å². The maximum Gasteiger partial charge on any atom is 0.155 e. The quantitative estimate of drug-likeness (QED) is 0.544. The number of methoxy groups -OCH3 is 2. The normalized spacial score (nSPS) is 11.8. The fourth-order valence-electron chi connectivity index (χ4n) is 2.72. The molecular weight excluding hydrogens is 328 g/mol. The summed E-state index contributed by atoms with van der Waals surface area (Å²) in [5.74, 6) is 2.22. The number of nitrogens with zero attached hydrogens (tertiary/aromatic N) is 2. The van der Waals surface area contributed by atoms with E-state index in [4.69, 9.17) is 25.9 Å². The van der Waals surface area contributed by atoms with Gasteiger partial charge in [-0.05, 0) is 54.1 Å². The Bertz CT molecular complexity index is 996. The molecule has 0 unspecified atom stereocenters.